The maximum absolute atomic E-state index is 12.7. The summed E-state index contributed by atoms with van der Waals surface area (Å²) in [5.41, 5.74) is 1.11. The van der Waals surface area contributed by atoms with Gasteiger partial charge < -0.3 is 19.5 Å². The number of nitrogens with zero attached hydrogens (tertiary/aromatic N) is 1. The molecule has 0 saturated carbocycles. The zero-order valence-electron chi connectivity index (χ0n) is 14.3. The number of carbonyl (C=O) groups is 1. The van der Waals surface area contributed by atoms with Crippen molar-refractivity contribution >= 4 is 5.91 Å². The molecule has 0 bridgehead atoms. The smallest absolute Gasteiger partial charge is 0.260 e. The van der Waals surface area contributed by atoms with E-state index in [1.54, 1.807) is 0 Å². The predicted octanol–water partition coefficient (Wildman–Crippen LogP) is 2.02. The molecule has 2 saturated heterocycles. The number of amides is 1. The molecule has 3 rings (SSSR count). The van der Waals surface area contributed by atoms with E-state index in [2.05, 4.69) is 6.92 Å². The number of hydrogen-bond donors (Lipinski definition) is 1. The van der Waals surface area contributed by atoms with Gasteiger partial charge in [-0.15, -0.1) is 0 Å². The van der Waals surface area contributed by atoms with Gasteiger partial charge in [-0.05, 0) is 37.3 Å². The van der Waals surface area contributed by atoms with Gasteiger partial charge in [0, 0.05) is 25.1 Å². The third-order valence-electron chi connectivity index (χ3n) is 5.18. The van der Waals surface area contributed by atoms with E-state index in [-0.39, 0.29) is 30.6 Å². The molecule has 2 fully saturated rings. The summed E-state index contributed by atoms with van der Waals surface area (Å²) in [6.07, 6.45) is 3.07. The minimum absolute atomic E-state index is 0.00109. The molecule has 3 atom stereocenters. The van der Waals surface area contributed by atoms with Crippen LogP contribution < -0.4 is 4.74 Å². The number of likely N-dealkylation sites (tertiary alicyclic amines) is 1. The monoisotopic (exact) mass is 333 g/mol. The van der Waals surface area contributed by atoms with Gasteiger partial charge in [-0.1, -0.05) is 25.1 Å². The van der Waals surface area contributed by atoms with Gasteiger partial charge >= 0.3 is 0 Å². The molecule has 132 valence electrons. The van der Waals surface area contributed by atoms with Gasteiger partial charge in [-0.2, -0.15) is 0 Å². The number of para-hydroxylation sites is 1. The SMILES string of the molecule is CCc1ccccc1OCC(=O)N1CCC[C@@H]1[C@H]1COCC[C@@H]1O. The van der Waals surface area contributed by atoms with Gasteiger partial charge in [0.15, 0.2) is 6.61 Å². The third kappa shape index (κ3) is 3.73. The van der Waals surface area contributed by atoms with E-state index in [1.165, 1.54) is 0 Å². The van der Waals surface area contributed by atoms with E-state index in [9.17, 15) is 9.90 Å². The van der Waals surface area contributed by atoms with Crippen molar-refractivity contribution in [2.45, 2.75) is 44.8 Å². The Bertz CT molecular complexity index is 562. The predicted molar refractivity (Wildman–Crippen MR) is 91.0 cm³/mol. The maximum atomic E-state index is 12.7. The first-order valence-electron chi connectivity index (χ1n) is 8.96. The number of carbonyl (C=O) groups excluding carboxylic acids is 1. The summed E-state index contributed by atoms with van der Waals surface area (Å²) in [6.45, 7) is 4.01. The molecule has 1 amide bonds. The normalized spacial score (nSPS) is 27.2. The van der Waals surface area contributed by atoms with Crippen LogP contribution in [-0.4, -0.2) is 54.4 Å². The van der Waals surface area contributed by atoms with E-state index in [1.807, 2.05) is 29.2 Å². The Morgan fingerprint density at radius 2 is 2.21 bits per heavy atom. The van der Waals surface area contributed by atoms with Crippen molar-refractivity contribution in [2.75, 3.05) is 26.4 Å². The fourth-order valence-electron chi connectivity index (χ4n) is 3.82. The maximum Gasteiger partial charge on any atom is 0.260 e. The molecule has 0 unspecified atom stereocenters. The van der Waals surface area contributed by atoms with E-state index >= 15 is 0 Å². The lowest BCUT2D eigenvalue weighted by Gasteiger charge is -2.36. The molecule has 0 aliphatic carbocycles. The fraction of sp³-hybridized carbons (Fsp3) is 0.632. The van der Waals surface area contributed by atoms with Crippen LogP contribution >= 0.6 is 0 Å². The molecule has 5 nitrogen and oxygen atoms in total. The van der Waals surface area contributed by atoms with Crippen molar-refractivity contribution in [3.8, 4) is 5.75 Å². The fourth-order valence-corrected chi connectivity index (χ4v) is 3.82. The first-order chi connectivity index (χ1) is 11.7. The van der Waals surface area contributed by atoms with Crippen molar-refractivity contribution in [2.24, 2.45) is 5.92 Å². The Hall–Kier alpha value is -1.59. The number of ether oxygens (including phenoxy) is 2. The minimum atomic E-state index is -0.376. The molecular weight excluding hydrogens is 306 g/mol. The Balaban J connectivity index is 1.61. The van der Waals surface area contributed by atoms with Gasteiger partial charge in [0.25, 0.3) is 5.91 Å². The largest absolute Gasteiger partial charge is 0.483 e. The Morgan fingerprint density at radius 1 is 1.38 bits per heavy atom. The molecule has 5 heteroatoms. The Kier molecular flexibility index (Phi) is 5.74. The zero-order valence-corrected chi connectivity index (χ0v) is 14.3. The summed E-state index contributed by atoms with van der Waals surface area (Å²) in [6, 6.07) is 7.90. The number of rotatable bonds is 5. The highest BCUT2D eigenvalue weighted by Gasteiger charge is 2.39. The average Bonchev–Trinajstić information content (AvgIpc) is 3.10. The first kappa shape index (κ1) is 17.2. The lowest BCUT2D eigenvalue weighted by Crippen LogP contribution is -2.49. The number of aliphatic hydroxyl groups excluding tert-OH is 1. The van der Waals surface area contributed by atoms with Crippen LogP contribution in [0.5, 0.6) is 5.75 Å². The quantitative estimate of drug-likeness (QED) is 0.895. The summed E-state index contributed by atoms with van der Waals surface area (Å²) >= 11 is 0. The number of aryl methyl sites for hydroxylation is 1. The highest BCUT2D eigenvalue weighted by atomic mass is 16.5. The molecule has 2 aliphatic heterocycles. The molecule has 0 spiro atoms. The molecule has 1 aromatic rings. The lowest BCUT2D eigenvalue weighted by atomic mass is 9.89. The number of hydrogen-bond acceptors (Lipinski definition) is 4. The number of benzene rings is 1. The molecule has 0 radical (unpaired) electrons. The molecule has 2 heterocycles. The second-order valence-electron chi connectivity index (χ2n) is 6.64. The van der Waals surface area contributed by atoms with Crippen molar-refractivity contribution < 1.29 is 19.4 Å². The minimum Gasteiger partial charge on any atom is -0.483 e. The van der Waals surface area contributed by atoms with Crippen LogP contribution in [0.2, 0.25) is 0 Å². The van der Waals surface area contributed by atoms with E-state index in [4.69, 9.17) is 9.47 Å². The molecule has 2 aliphatic rings. The first-order valence-corrected chi connectivity index (χ1v) is 8.96. The average molecular weight is 333 g/mol. The molecule has 1 aromatic carbocycles. The van der Waals surface area contributed by atoms with Crippen LogP contribution in [0.15, 0.2) is 24.3 Å². The zero-order chi connectivity index (χ0) is 16.9. The number of aliphatic hydroxyl groups is 1. The summed E-state index contributed by atoms with van der Waals surface area (Å²) in [5.74, 6) is 0.805. The van der Waals surface area contributed by atoms with Crippen LogP contribution in [0.3, 0.4) is 0 Å². The lowest BCUT2D eigenvalue weighted by molar-refractivity contribution is -0.138. The summed E-state index contributed by atoms with van der Waals surface area (Å²) in [7, 11) is 0. The van der Waals surface area contributed by atoms with Crippen LogP contribution in [-0.2, 0) is 16.0 Å². The van der Waals surface area contributed by atoms with Gasteiger partial charge in [0.2, 0.25) is 0 Å². The summed E-state index contributed by atoms with van der Waals surface area (Å²) in [5, 5.41) is 10.3. The van der Waals surface area contributed by atoms with E-state index in [0.29, 0.717) is 19.6 Å². The second-order valence-corrected chi connectivity index (χ2v) is 6.64. The second kappa shape index (κ2) is 7.99. The molecule has 0 aromatic heterocycles. The summed E-state index contributed by atoms with van der Waals surface area (Å²) < 4.78 is 11.3. The van der Waals surface area contributed by atoms with Crippen LogP contribution in [0.1, 0.15) is 31.7 Å². The molecular formula is C19H27NO4. The van der Waals surface area contributed by atoms with Crippen LogP contribution in [0, 0.1) is 5.92 Å². The highest BCUT2D eigenvalue weighted by molar-refractivity contribution is 5.78. The van der Waals surface area contributed by atoms with E-state index in [0.717, 1.165) is 37.1 Å². The van der Waals surface area contributed by atoms with Gasteiger partial charge in [0.1, 0.15) is 5.75 Å². The molecule has 24 heavy (non-hydrogen) atoms. The van der Waals surface area contributed by atoms with Crippen molar-refractivity contribution in [1.82, 2.24) is 4.90 Å². The van der Waals surface area contributed by atoms with Gasteiger partial charge in [-0.3, -0.25) is 4.79 Å². The third-order valence-corrected chi connectivity index (χ3v) is 5.18. The van der Waals surface area contributed by atoms with E-state index < -0.39 is 0 Å². The van der Waals surface area contributed by atoms with Crippen molar-refractivity contribution in [3.63, 3.8) is 0 Å². The Labute approximate surface area is 143 Å². The standard InChI is InChI=1S/C19H27NO4/c1-2-14-6-3-4-8-18(14)24-13-19(22)20-10-5-7-16(20)15-12-23-11-9-17(15)21/h3-4,6,8,15-17,21H,2,5,7,9-13H2,1H3/t15-,16-,17+/m1/s1. The van der Waals surface area contributed by atoms with Gasteiger partial charge in [0.05, 0.1) is 12.7 Å². The van der Waals surface area contributed by atoms with Gasteiger partial charge in [-0.25, -0.2) is 0 Å². The van der Waals surface area contributed by atoms with Crippen molar-refractivity contribution in [1.29, 1.82) is 0 Å². The van der Waals surface area contributed by atoms with Crippen LogP contribution in [0.25, 0.3) is 0 Å². The molecule has 1 N–H and O–H groups in total. The van der Waals surface area contributed by atoms with Crippen molar-refractivity contribution in [3.05, 3.63) is 29.8 Å². The highest BCUT2D eigenvalue weighted by Crippen LogP contribution is 2.30. The summed E-state index contributed by atoms with van der Waals surface area (Å²) in [4.78, 5) is 14.5. The Morgan fingerprint density at radius 3 is 3.00 bits per heavy atom. The topological polar surface area (TPSA) is 59.0 Å². The van der Waals surface area contributed by atoms with Crippen LogP contribution in [0.4, 0.5) is 0 Å².